The molecule has 2 aromatic heterocycles. The summed E-state index contributed by atoms with van der Waals surface area (Å²) in [5, 5.41) is 0. The van der Waals surface area contributed by atoms with Crippen molar-refractivity contribution in [2.45, 2.75) is 34.1 Å². The number of imidazole rings is 1. The summed E-state index contributed by atoms with van der Waals surface area (Å²) in [7, 11) is 4.21. The van der Waals surface area contributed by atoms with Gasteiger partial charge >= 0.3 is 0 Å². The summed E-state index contributed by atoms with van der Waals surface area (Å²) in [6, 6.07) is 12.8. The van der Waals surface area contributed by atoms with Crippen molar-refractivity contribution in [3.05, 3.63) is 60.0 Å². The Morgan fingerprint density at radius 2 is 1.76 bits per heavy atom. The van der Waals surface area contributed by atoms with Gasteiger partial charge in [0.25, 0.3) is 0 Å². The van der Waals surface area contributed by atoms with Gasteiger partial charge in [-0.05, 0) is 36.5 Å². The second kappa shape index (κ2) is 6.47. The van der Waals surface area contributed by atoms with Crippen molar-refractivity contribution in [1.29, 1.82) is 0 Å². The smallest absolute Gasteiger partial charge is 0.212 e. The topological polar surface area (TPSA) is 21.7 Å². The fourth-order valence-corrected chi connectivity index (χ4v) is 3.36. The zero-order valence-electron chi connectivity index (χ0n) is 16.2. The van der Waals surface area contributed by atoms with Crippen molar-refractivity contribution < 1.29 is 4.57 Å². The number of rotatable bonds is 3. The van der Waals surface area contributed by atoms with Crippen LogP contribution in [-0.4, -0.2) is 9.55 Å². The van der Waals surface area contributed by atoms with Crippen molar-refractivity contribution in [1.82, 2.24) is 9.55 Å². The van der Waals surface area contributed by atoms with Gasteiger partial charge in [-0.25, -0.2) is 9.55 Å². The minimum absolute atomic E-state index is 0.250. The molecule has 2 heterocycles. The number of aryl methyl sites for hydroxylation is 1. The average molecular weight is 334 g/mol. The van der Waals surface area contributed by atoms with E-state index in [1.54, 1.807) is 0 Å². The summed E-state index contributed by atoms with van der Waals surface area (Å²) < 4.78 is 4.40. The molecule has 0 amide bonds. The Balaban J connectivity index is 2.09. The van der Waals surface area contributed by atoms with Crippen molar-refractivity contribution in [2.24, 2.45) is 19.5 Å². The van der Waals surface area contributed by atoms with E-state index in [-0.39, 0.29) is 5.41 Å². The monoisotopic (exact) mass is 334 g/mol. The van der Waals surface area contributed by atoms with Crippen molar-refractivity contribution in [3.8, 4) is 22.6 Å². The molecule has 0 saturated carbocycles. The first-order valence-corrected chi connectivity index (χ1v) is 8.83. The number of aromatic nitrogens is 3. The molecule has 0 N–H and O–H groups in total. The van der Waals surface area contributed by atoms with Crippen molar-refractivity contribution in [3.63, 3.8) is 0 Å². The first-order chi connectivity index (χ1) is 11.8. The van der Waals surface area contributed by atoms with Crippen LogP contribution in [0, 0.1) is 12.3 Å². The molecule has 0 spiro atoms. The Bertz CT molecular complexity index is 898. The van der Waals surface area contributed by atoms with E-state index < -0.39 is 0 Å². The van der Waals surface area contributed by atoms with Gasteiger partial charge in [0.2, 0.25) is 5.69 Å². The van der Waals surface area contributed by atoms with Crippen LogP contribution in [0.5, 0.6) is 0 Å². The molecule has 1 aromatic carbocycles. The zero-order chi connectivity index (χ0) is 18.2. The van der Waals surface area contributed by atoms with Crippen LogP contribution in [0.2, 0.25) is 0 Å². The Labute approximate surface area is 151 Å². The summed E-state index contributed by atoms with van der Waals surface area (Å²) in [6.45, 7) is 8.98. The van der Waals surface area contributed by atoms with Crippen LogP contribution in [0.1, 0.15) is 32.0 Å². The Morgan fingerprint density at radius 3 is 2.44 bits per heavy atom. The molecule has 25 heavy (non-hydrogen) atoms. The standard InChI is InChI=1S/C22H28N3/c1-16-18(20-12-7-8-13-24(20)5)10-9-11-19(16)21-23-15-17(25(21)6)14-22(2,3)4/h7-13,15H,14H2,1-6H3/q+1. The van der Waals surface area contributed by atoms with Gasteiger partial charge in [0, 0.05) is 42.2 Å². The molecular weight excluding hydrogens is 306 g/mol. The predicted molar refractivity (Wildman–Crippen MR) is 103 cm³/mol. The lowest BCUT2D eigenvalue weighted by atomic mass is 9.91. The van der Waals surface area contributed by atoms with Gasteiger partial charge in [-0.1, -0.05) is 32.9 Å². The average Bonchev–Trinajstić information content (AvgIpc) is 2.88. The number of hydrogen-bond donors (Lipinski definition) is 0. The highest BCUT2D eigenvalue weighted by molar-refractivity contribution is 5.73. The van der Waals surface area contributed by atoms with Gasteiger partial charge < -0.3 is 4.57 Å². The molecule has 0 aliphatic heterocycles. The molecule has 0 bridgehead atoms. The fourth-order valence-electron chi connectivity index (χ4n) is 3.36. The summed E-state index contributed by atoms with van der Waals surface area (Å²) in [6.07, 6.45) is 5.13. The van der Waals surface area contributed by atoms with Crippen LogP contribution < -0.4 is 4.57 Å². The highest BCUT2D eigenvalue weighted by Crippen LogP contribution is 2.31. The maximum Gasteiger partial charge on any atom is 0.212 e. The minimum atomic E-state index is 0.250. The molecule has 3 aromatic rings. The minimum Gasteiger partial charge on any atom is -0.331 e. The zero-order valence-corrected chi connectivity index (χ0v) is 16.2. The lowest BCUT2D eigenvalue weighted by Gasteiger charge is -2.18. The molecule has 0 radical (unpaired) electrons. The molecule has 3 rings (SSSR count). The van der Waals surface area contributed by atoms with E-state index in [1.165, 1.54) is 28.1 Å². The summed E-state index contributed by atoms with van der Waals surface area (Å²) >= 11 is 0. The van der Waals surface area contributed by atoms with Crippen molar-refractivity contribution in [2.75, 3.05) is 0 Å². The van der Waals surface area contributed by atoms with Gasteiger partial charge in [-0.3, -0.25) is 0 Å². The normalized spacial score (nSPS) is 11.8. The third-order valence-electron chi connectivity index (χ3n) is 4.70. The van der Waals surface area contributed by atoms with E-state index in [0.717, 1.165) is 12.2 Å². The quantitative estimate of drug-likeness (QED) is 0.647. The Morgan fingerprint density at radius 1 is 1.04 bits per heavy atom. The van der Waals surface area contributed by atoms with Crippen LogP contribution in [-0.2, 0) is 20.5 Å². The number of pyridine rings is 1. The van der Waals surface area contributed by atoms with E-state index in [4.69, 9.17) is 4.98 Å². The molecule has 0 unspecified atom stereocenters. The second-order valence-corrected chi connectivity index (χ2v) is 8.04. The number of nitrogens with zero attached hydrogens (tertiary/aromatic N) is 3. The summed E-state index contributed by atoms with van der Waals surface area (Å²) in [4.78, 5) is 4.74. The van der Waals surface area contributed by atoms with Gasteiger partial charge in [-0.15, -0.1) is 0 Å². The maximum atomic E-state index is 4.74. The lowest BCUT2D eigenvalue weighted by molar-refractivity contribution is -0.660. The first-order valence-electron chi connectivity index (χ1n) is 8.83. The maximum absolute atomic E-state index is 4.74. The largest absolute Gasteiger partial charge is 0.331 e. The summed E-state index contributed by atoms with van der Waals surface area (Å²) in [5.41, 5.74) is 6.45. The number of hydrogen-bond acceptors (Lipinski definition) is 1. The van der Waals surface area contributed by atoms with Crippen LogP contribution in [0.3, 0.4) is 0 Å². The van der Waals surface area contributed by atoms with Crippen LogP contribution in [0.15, 0.2) is 48.8 Å². The first kappa shape index (κ1) is 17.4. The highest BCUT2D eigenvalue weighted by Gasteiger charge is 2.19. The molecule has 0 aliphatic rings. The molecule has 3 nitrogen and oxygen atoms in total. The van der Waals surface area contributed by atoms with E-state index in [2.05, 4.69) is 93.5 Å². The highest BCUT2D eigenvalue weighted by atomic mass is 15.1. The SMILES string of the molecule is Cc1c(-c2ncc(CC(C)(C)C)n2C)cccc1-c1cccc[n+]1C. The van der Waals surface area contributed by atoms with Gasteiger partial charge in [0.15, 0.2) is 6.20 Å². The fraction of sp³-hybridized carbons (Fsp3) is 0.364. The van der Waals surface area contributed by atoms with Crippen molar-refractivity contribution >= 4 is 0 Å². The molecule has 0 saturated heterocycles. The summed E-state index contributed by atoms with van der Waals surface area (Å²) in [5.74, 6) is 1.04. The molecule has 0 fully saturated rings. The van der Waals surface area contributed by atoms with E-state index in [9.17, 15) is 0 Å². The van der Waals surface area contributed by atoms with E-state index in [1.807, 2.05) is 6.20 Å². The predicted octanol–water partition coefficient (Wildman–Crippen LogP) is 4.48. The number of benzene rings is 1. The lowest BCUT2D eigenvalue weighted by Crippen LogP contribution is -2.30. The molecular formula is C22H28N3+. The third-order valence-corrected chi connectivity index (χ3v) is 4.70. The van der Waals surface area contributed by atoms with Crippen LogP contribution in [0.4, 0.5) is 0 Å². The van der Waals surface area contributed by atoms with Gasteiger partial charge in [0.05, 0.1) is 0 Å². The van der Waals surface area contributed by atoms with Gasteiger partial charge in [0.1, 0.15) is 12.9 Å². The van der Waals surface area contributed by atoms with Crippen LogP contribution in [0.25, 0.3) is 22.6 Å². The third kappa shape index (κ3) is 3.51. The molecule has 3 heteroatoms. The molecule has 130 valence electrons. The van der Waals surface area contributed by atoms with Crippen LogP contribution >= 0.6 is 0 Å². The van der Waals surface area contributed by atoms with E-state index >= 15 is 0 Å². The Hall–Kier alpha value is -2.42. The Kier molecular flexibility index (Phi) is 4.51. The molecule has 0 aliphatic carbocycles. The van der Waals surface area contributed by atoms with Gasteiger partial charge in [-0.2, -0.15) is 0 Å². The second-order valence-electron chi connectivity index (χ2n) is 8.04. The molecule has 0 atom stereocenters. The van der Waals surface area contributed by atoms with E-state index in [0.29, 0.717) is 0 Å².